The van der Waals surface area contributed by atoms with Gasteiger partial charge < -0.3 is 14.5 Å². The van der Waals surface area contributed by atoms with Gasteiger partial charge in [0, 0.05) is 27.6 Å². The monoisotopic (exact) mass is 326 g/mol. The first-order chi connectivity index (χ1) is 11.7. The van der Waals surface area contributed by atoms with E-state index >= 15 is 0 Å². The number of hydrogen-bond acceptors (Lipinski definition) is 4. The molecule has 3 aromatic rings. The number of aromatic nitrogens is 1. The van der Waals surface area contributed by atoms with Gasteiger partial charge in [0.15, 0.2) is 11.5 Å². The summed E-state index contributed by atoms with van der Waals surface area (Å²) < 4.78 is 10.8. The zero-order chi connectivity index (χ0) is 17.1. The van der Waals surface area contributed by atoms with Gasteiger partial charge in [-0.15, -0.1) is 0 Å². The largest absolute Gasteiger partial charge is 0.493 e. The Hall–Kier alpha value is -3.02. The fraction of sp³-hybridized carbons (Fsp3) is 0.222. The molecule has 1 N–H and O–H groups in total. The third kappa shape index (κ3) is 2.78. The highest BCUT2D eigenvalue weighted by molar-refractivity contribution is 5.84. The van der Waals surface area contributed by atoms with Gasteiger partial charge in [-0.05, 0) is 17.7 Å². The van der Waals surface area contributed by atoms with Crippen molar-refractivity contribution >= 4 is 10.9 Å². The van der Waals surface area contributed by atoms with E-state index in [1.807, 2.05) is 42.6 Å². The first-order valence-corrected chi connectivity index (χ1v) is 7.54. The first-order valence-electron chi connectivity index (χ1n) is 7.54. The van der Waals surface area contributed by atoms with Crippen molar-refractivity contribution in [2.24, 2.45) is 0 Å². The van der Waals surface area contributed by atoms with Crippen molar-refractivity contribution in [3.8, 4) is 11.5 Å². The van der Waals surface area contributed by atoms with Crippen LogP contribution in [0.25, 0.3) is 10.9 Å². The molecular formula is C18H18N2O4. The van der Waals surface area contributed by atoms with Crippen LogP contribution >= 0.6 is 0 Å². The number of benzene rings is 2. The van der Waals surface area contributed by atoms with Crippen LogP contribution in [0, 0.1) is 10.1 Å². The zero-order valence-corrected chi connectivity index (χ0v) is 13.5. The van der Waals surface area contributed by atoms with E-state index in [0.29, 0.717) is 11.5 Å². The molecular weight excluding hydrogens is 308 g/mol. The Bertz CT molecular complexity index is 872. The molecule has 0 bridgehead atoms. The molecule has 3 rings (SSSR count). The van der Waals surface area contributed by atoms with Crippen molar-refractivity contribution in [3.63, 3.8) is 0 Å². The number of fused-ring (bicyclic) bond motifs is 1. The van der Waals surface area contributed by atoms with Crippen molar-refractivity contribution in [1.29, 1.82) is 0 Å². The van der Waals surface area contributed by atoms with Crippen LogP contribution in [0.1, 0.15) is 17.0 Å². The first kappa shape index (κ1) is 15.9. The molecule has 0 aliphatic heterocycles. The van der Waals surface area contributed by atoms with Gasteiger partial charge in [-0.3, -0.25) is 10.1 Å². The summed E-state index contributed by atoms with van der Waals surface area (Å²) in [4.78, 5) is 14.2. The van der Waals surface area contributed by atoms with Crippen LogP contribution in [0.3, 0.4) is 0 Å². The van der Waals surface area contributed by atoms with E-state index in [0.717, 1.165) is 22.0 Å². The molecule has 1 unspecified atom stereocenters. The summed E-state index contributed by atoms with van der Waals surface area (Å²) in [7, 11) is 3.09. The second kappa shape index (κ2) is 6.62. The van der Waals surface area contributed by atoms with Crippen LogP contribution in [0.2, 0.25) is 0 Å². The molecule has 0 saturated carbocycles. The van der Waals surface area contributed by atoms with Gasteiger partial charge in [-0.1, -0.05) is 30.3 Å². The summed E-state index contributed by atoms with van der Waals surface area (Å²) in [6.45, 7) is -0.231. The third-order valence-corrected chi connectivity index (χ3v) is 4.14. The Morgan fingerprint density at radius 2 is 1.88 bits per heavy atom. The van der Waals surface area contributed by atoms with E-state index < -0.39 is 5.92 Å². The molecule has 2 aromatic carbocycles. The van der Waals surface area contributed by atoms with Crippen LogP contribution in [0.5, 0.6) is 11.5 Å². The Balaban J connectivity index is 2.20. The predicted molar refractivity (Wildman–Crippen MR) is 91.5 cm³/mol. The molecule has 1 heterocycles. The Morgan fingerprint density at radius 3 is 2.58 bits per heavy atom. The highest BCUT2D eigenvalue weighted by atomic mass is 16.6. The lowest BCUT2D eigenvalue weighted by Crippen LogP contribution is -2.15. The lowest BCUT2D eigenvalue weighted by atomic mass is 9.90. The summed E-state index contributed by atoms with van der Waals surface area (Å²) in [5, 5.41) is 12.3. The van der Waals surface area contributed by atoms with Crippen LogP contribution in [-0.4, -0.2) is 30.7 Å². The van der Waals surface area contributed by atoms with Crippen molar-refractivity contribution in [1.82, 2.24) is 4.98 Å². The Morgan fingerprint density at radius 1 is 1.08 bits per heavy atom. The summed E-state index contributed by atoms with van der Waals surface area (Å²) in [6, 6.07) is 13.2. The summed E-state index contributed by atoms with van der Waals surface area (Å²) in [5.41, 5.74) is 2.55. The smallest absolute Gasteiger partial charge is 0.214 e. The number of hydrogen-bond donors (Lipinski definition) is 1. The van der Waals surface area contributed by atoms with Crippen molar-refractivity contribution in [3.05, 3.63) is 69.9 Å². The van der Waals surface area contributed by atoms with Gasteiger partial charge >= 0.3 is 0 Å². The topological polar surface area (TPSA) is 77.4 Å². The Kier molecular flexibility index (Phi) is 4.37. The maximum absolute atomic E-state index is 11.3. The number of ether oxygens (including phenoxy) is 2. The SMILES string of the molecule is COc1cccc(C(C[N+](=O)[O-])c2c[nH]c3ccccc23)c1OC. The fourth-order valence-corrected chi connectivity index (χ4v) is 3.08. The van der Waals surface area contributed by atoms with E-state index in [1.165, 1.54) is 0 Å². The van der Waals surface area contributed by atoms with Crippen molar-refractivity contribution in [2.45, 2.75) is 5.92 Å². The fourth-order valence-electron chi connectivity index (χ4n) is 3.08. The molecule has 1 aromatic heterocycles. The minimum Gasteiger partial charge on any atom is -0.493 e. The molecule has 0 aliphatic carbocycles. The number of methoxy groups -OCH3 is 2. The van der Waals surface area contributed by atoms with E-state index in [2.05, 4.69) is 4.98 Å². The van der Waals surface area contributed by atoms with Gasteiger partial charge in [0.2, 0.25) is 6.54 Å². The van der Waals surface area contributed by atoms with Gasteiger partial charge in [0.05, 0.1) is 20.1 Å². The third-order valence-electron chi connectivity index (χ3n) is 4.14. The number of para-hydroxylation sites is 2. The molecule has 0 amide bonds. The standard InChI is InChI=1S/C18H18N2O4/c1-23-17-9-5-7-13(18(17)24-2)15(11-20(21)22)14-10-19-16-8-4-3-6-12(14)16/h3-10,15,19H,11H2,1-2H3. The van der Waals surface area contributed by atoms with Gasteiger partial charge in [-0.25, -0.2) is 0 Å². The van der Waals surface area contributed by atoms with Crippen LogP contribution in [-0.2, 0) is 0 Å². The molecule has 24 heavy (non-hydrogen) atoms. The quantitative estimate of drug-likeness (QED) is 0.554. The van der Waals surface area contributed by atoms with E-state index in [-0.39, 0.29) is 11.5 Å². The minimum absolute atomic E-state index is 0.231. The van der Waals surface area contributed by atoms with Crippen LogP contribution < -0.4 is 9.47 Å². The van der Waals surface area contributed by atoms with Gasteiger partial charge in [0.1, 0.15) is 0 Å². The van der Waals surface area contributed by atoms with Gasteiger partial charge in [0.25, 0.3) is 0 Å². The van der Waals surface area contributed by atoms with Crippen molar-refractivity contribution in [2.75, 3.05) is 20.8 Å². The summed E-state index contributed by atoms with van der Waals surface area (Å²) >= 11 is 0. The molecule has 0 saturated heterocycles. The number of nitrogens with one attached hydrogen (secondary N) is 1. The molecule has 124 valence electrons. The number of rotatable bonds is 6. The average Bonchev–Trinajstić information content (AvgIpc) is 3.02. The molecule has 6 heteroatoms. The number of nitro groups is 1. The Labute approximate surface area is 139 Å². The minimum atomic E-state index is -0.443. The molecule has 1 atom stereocenters. The van der Waals surface area contributed by atoms with E-state index in [1.54, 1.807) is 20.3 Å². The number of nitrogens with zero attached hydrogens (tertiary/aromatic N) is 1. The summed E-state index contributed by atoms with van der Waals surface area (Å²) in [6.07, 6.45) is 1.83. The number of aromatic amines is 1. The molecule has 6 nitrogen and oxygen atoms in total. The molecule has 0 spiro atoms. The van der Waals surface area contributed by atoms with E-state index in [9.17, 15) is 10.1 Å². The highest BCUT2D eigenvalue weighted by Gasteiger charge is 2.27. The molecule has 0 aliphatic rings. The molecule has 0 fully saturated rings. The van der Waals surface area contributed by atoms with Crippen LogP contribution in [0.15, 0.2) is 48.7 Å². The van der Waals surface area contributed by atoms with Crippen LogP contribution in [0.4, 0.5) is 0 Å². The lowest BCUT2D eigenvalue weighted by Gasteiger charge is -2.18. The van der Waals surface area contributed by atoms with E-state index in [4.69, 9.17) is 9.47 Å². The molecule has 0 radical (unpaired) electrons. The second-order valence-corrected chi connectivity index (χ2v) is 5.44. The predicted octanol–water partition coefficient (Wildman–Crippen LogP) is 3.59. The van der Waals surface area contributed by atoms with Gasteiger partial charge in [-0.2, -0.15) is 0 Å². The zero-order valence-electron chi connectivity index (χ0n) is 13.5. The lowest BCUT2D eigenvalue weighted by molar-refractivity contribution is -0.481. The maximum atomic E-state index is 11.3. The maximum Gasteiger partial charge on any atom is 0.214 e. The highest BCUT2D eigenvalue weighted by Crippen LogP contribution is 2.40. The normalized spacial score (nSPS) is 12.1. The number of H-pyrrole nitrogens is 1. The summed E-state index contributed by atoms with van der Waals surface area (Å²) in [5.74, 6) is 0.640. The second-order valence-electron chi connectivity index (χ2n) is 5.44. The van der Waals surface area contributed by atoms with Crippen molar-refractivity contribution < 1.29 is 14.4 Å². The average molecular weight is 326 g/mol.